The molecule has 42 heavy (non-hydrogen) atoms. The normalized spacial score (nSPS) is 15.8. The number of hydrogen-bond acceptors (Lipinski definition) is 5. The van der Waals surface area contributed by atoms with Crippen molar-refractivity contribution in [1.82, 2.24) is 4.90 Å². The van der Waals surface area contributed by atoms with Gasteiger partial charge in [-0.15, -0.1) is 0 Å². The summed E-state index contributed by atoms with van der Waals surface area (Å²) in [5.41, 5.74) is 0.853. The first-order valence-corrected chi connectivity index (χ1v) is 14.2. The smallest absolute Gasteiger partial charge is 0.408 e. The van der Waals surface area contributed by atoms with Crippen LogP contribution in [0.5, 0.6) is 11.5 Å². The first-order chi connectivity index (χ1) is 19.7. The Hall–Kier alpha value is -4.40. The molecule has 3 aromatic rings. The van der Waals surface area contributed by atoms with Crippen molar-refractivity contribution in [1.29, 1.82) is 0 Å². The lowest BCUT2D eigenvalue weighted by Crippen LogP contribution is -2.48. The topological polar surface area (TPSA) is 122 Å². The Bertz CT molecular complexity index is 1420. The van der Waals surface area contributed by atoms with Crippen molar-refractivity contribution in [2.24, 2.45) is 10.8 Å². The molecule has 1 fully saturated rings. The van der Waals surface area contributed by atoms with Crippen molar-refractivity contribution in [3.63, 3.8) is 0 Å². The number of nitro groups is 1. The fourth-order valence-electron chi connectivity index (χ4n) is 5.69. The van der Waals surface area contributed by atoms with Gasteiger partial charge >= 0.3 is 6.09 Å². The van der Waals surface area contributed by atoms with Gasteiger partial charge < -0.3 is 15.2 Å². The summed E-state index contributed by atoms with van der Waals surface area (Å²) in [6.07, 6.45) is 2.69. The van der Waals surface area contributed by atoms with E-state index in [-0.39, 0.29) is 40.0 Å². The van der Waals surface area contributed by atoms with Gasteiger partial charge in [-0.05, 0) is 78.5 Å². The van der Waals surface area contributed by atoms with Crippen LogP contribution in [0.2, 0.25) is 0 Å². The SMILES string of the molecule is CC1(C)CCC(N(C(=O)O)C(c2ccc(Oc3ccc(NC(=O)c4ccccc4)c([N+](=O)[O-])c3)cc2)C(C)(C)C)CC1. The van der Waals surface area contributed by atoms with E-state index in [1.54, 1.807) is 53.4 Å². The predicted molar refractivity (Wildman–Crippen MR) is 162 cm³/mol. The fourth-order valence-corrected chi connectivity index (χ4v) is 5.69. The van der Waals surface area contributed by atoms with Crippen molar-refractivity contribution in [2.45, 2.75) is 72.4 Å². The van der Waals surface area contributed by atoms with E-state index in [4.69, 9.17) is 4.74 Å². The average Bonchev–Trinajstić information content (AvgIpc) is 2.93. The largest absolute Gasteiger partial charge is 0.465 e. The molecule has 1 atom stereocenters. The summed E-state index contributed by atoms with van der Waals surface area (Å²) in [4.78, 5) is 38.0. The number of nitro benzene ring substituents is 1. The molecule has 1 aliphatic carbocycles. The highest BCUT2D eigenvalue weighted by Gasteiger charge is 2.41. The molecule has 9 heteroatoms. The second-order valence-electron chi connectivity index (χ2n) is 12.8. The van der Waals surface area contributed by atoms with Crippen LogP contribution in [0.1, 0.15) is 82.3 Å². The molecule has 0 aromatic heterocycles. The van der Waals surface area contributed by atoms with Crippen LogP contribution in [0.25, 0.3) is 0 Å². The number of nitrogens with one attached hydrogen (secondary N) is 1. The van der Waals surface area contributed by atoms with Crippen molar-refractivity contribution in [3.8, 4) is 11.5 Å². The molecule has 9 nitrogen and oxygen atoms in total. The van der Waals surface area contributed by atoms with Gasteiger partial charge in [-0.3, -0.25) is 19.8 Å². The number of carboxylic acid groups (broad SMARTS) is 1. The minimum atomic E-state index is -0.924. The molecule has 1 aliphatic rings. The highest BCUT2D eigenvalue weighted by Crippen LogP contribution is 2.45. The Balaban J connectivity index is 1.54. The first-order valence-electron chi connectivity index (χ1n) is 14.2. The highest BCUT2D eigenvalue weighted by molar-refractivity contribution is 6.05. The maximum atomic E-state index is 12.6. The Morgan fingerprint density at radius 1 is 1.00 bits per heavy atom. The van der Waals surface area contributed by atoms with E-state index in [9.17, 15) is 24.8 Å². The monoisotopic (exact) mass is 573 g/mol. The van der Waals surface area contributed by atoms with Gasteiger partial charge in [-0.1, -0.05) is 65.0 Å². The molecule has 0 radical (unpaired) electrons. The molecule has 0 saturated heterocycles. The van der Waals surface area contributed by atoms with Gasteiger partial charge in [0.2, 0.25) is 0 Å². The van der Waals surface area contributed by atoms with E-state index in [1.165, 1.54) is 12.1 Å². The number of carbonyl (C=O) groups is 2. The minimum absolute atomic E-state index is 0.0582. The zero-order chi connectivity index (χ0) is 30.7. The third kappa shape index (κ3) is 7.26. The fraction of sp³-hybridized carbons (Fsp3) is 0.394. The van der Waals surface area contributed by atoms with Crippen molar-refractivity contribution >= 4 is 23.4 Å². The van der Waals surface area contributed by atoms with Gasteiger partial charge in [-0.25, -0.2) is 4.79 Å². The molecule has 2 amide bonds. The van der Waals surface area contributed by atoms with Crippen molar-refractivity contribution in [3.05, 3.63) is 94.0 Å². The molecule has 3 aromatic carbocycles. The lowest BCUT2D eigenvalue weighted by atomic mass is 9.73. The third-order valence-electron chi connectivity index (χ3n) is 7.90. The Kier molecular flexibility index (Phi) is 8.89. The van der Waals surface area contributed by atoms with Crippen molar-refractivity contribution in [2.75, 3.05) is 5.32 Å². The second kappa shape index (κ2) is 12.2. The Labute approximate surface area is 246 Å². The average molecular weight is 574 g/mol. The molecular formula is C33H39N3O6. The molecule has 222 valence electrons. The zero-order valence-corrected chi connectivity index (χ0v) is 24.8. The van der Waals surface area contributed by atoms with Crippen LogP contribution in [0, 0.1) is 20.9 Å². The summed E-state index contributed by atoms with van der Waals surface area (Å²) in [6, 6.07) is 19.5. The standard InChI is InChI=1S/C33H39N3O6/c1-32(2,3)29(35(31(38)39)24-17-19-33(4,5)20-18-24)22-11-13-25(14-12-22)42-26-15-16-27(28(21-26)36(40)41)34-30(37)23-9-7-6-8-10-23/h6-16,21,24,29H,17-20H2,1-5H3,(H,34,37)(H,38,39). The van der Waals surface area contributed by atoms with Crippen LogP contribution in [0.15, 0.2) is 72.8 Å². The van der Waals surface area contributed by atoms with Crippen LogP contribution >= 0.6 is 0 Å². The molecular weight excluding hydrogens is 534 g/mol. The predicted octanol–water partition coefficient (Wildman–Crippen LogP) is 8.68. The van der Waals surface area contributed by atoms with Gasteiger partial charge in [0.1, 0.15) is 17.2 Å². The van der Waals surface area contributed by atoms with E-state index in [1.807, 2.05) is 32.9 Å². The number of amides is 2. The van der Waals surface area contributed by atoms with Crippen LogP contribution in [0.3, 0.4) is 0 Å². The number of ether oxygens (including phenoxy) is 1. The maximum absolute atomic E-state index is 12.6. The van der Waals surface area contributed by atoms with E-state index in [0.29, 0.717) is 11.3 Å². The lowest BCUT2D eigenvalue weighted by Gasteiger charge is -2.46. The summed E-state index contributed by atoms with van der Waals surface area (Å²) in [7, 11) is 0. The Morgan fingerprint density at radius 2 is 1.60 bits per heavy atom. The highest BCUT2D eigenvalue weighted by atomic mass is 16.6. The molecule has 4 rings (SSSR count). The lowest BCUT2D eigenvalue weighted by molar-refractivity contribution is -0.384. The molecule has 0 spiro atoms. The summed E-state index contributed by atoms with van der Waals surface area (Å²) in [5.74, 6) is 0.225. The molecule has 0 heterocycles. The quantitative estimate of drug-likeness (QED) is 0.205. The summed E-state index contributed by atoms with van der Waals surface area (Å²) in [5, 5.41) is 24.7. The number of benzene rings is 3. The molecule has 1 unspecified atom stereocenters. The number of carbonyl (C=O) groups excluding carboxylic acids is 1. The number of nitrogens with zero attached hydrogens (tertiary/aromatic N) is 2. The van der Waals surface area contributed by atoms with E-state index >= 15 is 0 Å². The number of anilines is 1. The van der Waals surface area contributed by atoms with Gasteiger partial charge in [0.15, 0.2) is 0 Å². The van der Waals surface area contributed by atoms with Crippen LogP contribution in [-0.4, -0.2) is 33.0 Å². The number of hydrogen-bond donors (Lipinski definition) is 2. The molecule has 2 N–H and O–H groups in total. The number of rotatable bonds is 8. The molecule has 1 saturated carbocycles. The molecule has 0 bridgehead atoms. The zero-order valence-electron chi connectivity index (χ0n) is 24.8. The van der Waals surface area contributed by atoms with Gasteiger partial charge in [-0.2, -0.15) is 0 Å². The minimum Gasteiger partial charge on any atom is -0.465 e. The Morgan fingerprint density at radius 3 is 2.14 bits per heavy atom. The van der Waals surface area contributed by atoms with Gasteiger partial charge in [0, 0.05) is 11.6 Å². The first kappa shape index (κ1) is 30.6. The summed E-state index contributed by atoms with van der Waals surface area (Å²) >= 11 is 0. The van der Waals surface area contributed by atoms with Crippen LogP contribution < -0.4 is 10.1 Å². The van der Waals surface area contributed by atoms with Gasteiger partial charge in [0.25, 0.3) is 11.6 Å². The van der Waals surface area contributed by atoms with E-state index < -0.39 is 16.9 Å². The van der Waals surface area contributed by atoms with Crippen LogP contribution in [0.4, 0.5) is 16.2 Å². The van der Waals surface area contributed by atoms with Crippen LogP contribution in [-0.2, 0) is 0 Å². The third-order valence-corrected chi connectivity index (χ3v) is 7.90. The maximum Gasteiger partial charge on any atom is 0.408 e. The van der Waals surface area contributed by atoms with E-state index in [2.05, 4.69) is 19.2 Å². The second-order valence-corrected chi connectivity index (χ2v) is 12.8. The summed E-state index contributed by atoms with van der Waals surface area (Å²) < 4.78 is 5.93. The van der Waals surface area contributed by atoms with E-state index in [0.717, 1.165) is 31.2 Å². The summed E-state index contributed by atoms with van der Waals surface area (Å²) in [6.45, 7) is 10.6. The molecule has 0 aliphatic heterocycles. The van der Waals surface area contributed by atoms with Crippen molar-refractivity contribution < 1.29 is 24.4 Å². The van der Waals surface area contributed by atoms with Gasteiger partial charge in [0.05, 0.1) is 17.0 Å².